The van der Waals surface area contributed by atoms with Crippen LogP contribution in [0.25, 0.3) is 0 Å². The second-order valence-electron chi connectivity index (χ2n) is 1.03. The Hall–Kier alpha value is -1.18. The maximum atomic E-state index is 9.32. The van der Waals surface area contributed by atoms with Crippen LogP contribution in [0.4, 0.5) is 0 Å². The maximum absolute atomic E-state index is 9.32. The molecule has 0 atom stereocenters. The molecule has 0 amide bonds. The summed E-state index contributed by atoms with van der Waals surface area (Å²) in [6.45, 7) is 4.91. The average Bonchev–Trinajstić information content (AvgIpc) is 1.91. The number of aldehydes is 2. The Kier molecular flexibility index (Phi) is 18.9. The molecular weight excluding hydrogens is 116 g/mol. The summed E-state index contributed by atoms with van der Waals surface area (Å²) in [5.41, 5.74) is 0. The van der Waals surface area contributed by atoms with Crippen molar-refractivity contribution in [3.8, 4) is 0 Å². The molecule has 0 bridgehead atoms. The zero-order valence-electron chi connectivity index (χ0n) is 5.41. The summed E-state index contributed by atoms with van der Waals surface area (Å²) >= 11 is 0. The van der Waals surface area contributed by atoms with E-state index < -0.39 is 0 Å². The molecule has 0 aliphatic heterocycles. The standard InChI is InChI=1S/C4H6O.C3H4O/c1-2-3-4-5;1-2-3-4/h2-4H,1H3;2-3H,1H2. The first-order chi connectivity index (χ1) is 4.33. The molecule has 0 saturated carbocycles. The lowest BCUT2D eigenvalue weighted by Crippen LogP contribution is -1.50. The average molecular weight is 126 g/mol. The molecule has 2 nitrogen and oxygen atoms in total. The Morgan fingerprint density at radius 3 is 1.67 bits per heavy atom. The van der Waals surface area contributed by atoms with Crippen LogP contribution in [0.5, 0.6) is 0 Å². The van der Waals surface area contributed by atoms with Crippen molar-refractivity contribution in [3.63, 3.8) is 0 Å². The summed E-state index contributed by atoms with van der Waals surface area (Å²) in [7, 11) is 0. The predicted molar refractivity (Wildman–Crippen MR) is 37.1 cm³/mol. The normalized spacial score (nSPS) is 7.22. The van der Waals surface area contributed by atoms with Crippen LogP contribution >= 0.6 is 0 Å². The highest BCUT2D eigenvalue weighted by molar-refractivity contribution is 5.64. The first-order valence-electron chi connectivity index (χ1n) is 2.46. The van der Waals surface area contributed by atoms with E-state index in [1.807, 2.05) is 0 Å². The minimum absolute atomic E-state index is 0.639. The van der Waals surface area contributed by atoms with E-state index in [0.717, 1.165) is 6.29 Å². The van der Waals surface area contributed by atoms with Crippen molar-refractivity contribution < 1.29 is 9.59 Å². The number of carbonyl (C=O) groups is 2. The van der Waals surface area contributed by atoms with Crippen molar-refractivity contribution in [1.82, 2.24) is 0 Å². The number of hydrogen-bond acceptors (Lipinski definition) is 2. The minimum Gasteiger partial charge on any atom is -0.299 e. The van der Waals surface area contributed by atoms with Gasteiger partial charge < -0.3 is 0 Å². The lowest BCUT2D eigenvalue weighted by molar-refractivity contribution is -0.104. The highest BCUT2D eigenvalue weighted by atomic mass is 16.1. The van der Waals surface area contributed by atoms with Crippen LogP contribution in [-0.2, 0) is 9.59 Å². The Morgan fingerprint density at radius 1 is 1.22 bits per heavy atom. The fraction of sp³-hybridized carbons (Fsp3) is 0.143. The number of hydrogen-bond donors (Lipinski definition) is 0. The van der Waals surface area contributed by atoms with Crippen LogP contribution in [0.3, 0.4) is 0 Å². The van der Waals surface area contributed by atoms with Crippen molar-refractivity contribution in [1.29, 1.82) is 0 Å². The molecule has 0 aliphatic carbocycles. The highest BCUT2D eigenvalue weighted by Gasteiger charge is 1.48. The topological polar surface area (TPSA) is 34.1 Å². The van der Waals surface area contributed by atoms with Gasteiger partial charge in [0.2, 0.25) is 0 Å². The molecule has 9 heavy (non-hydrogen) atoms. The third kappa shape index (κ3) is 47.8. The summed E-state index contributed by atoms with van der Waals surface area (Å²) in [6.07, 6.45) is 5.72. The van der Waals surface area contributed by atoms with Crippen LogP contribution in [0.1, 0.15) is 6.92 Å². The summed E-state index contributed by atoms with van der Waals surface area (Å²) in [6, 6.07) is 0. The third-order valence-electron chi connectivity index (χ3n) is 0.367. The molecule has 0 fully saturated rings. The van der Waals surface area contributed by atoms with E-state index in [9.17, 15) is 4.79 Å². The van der Waals surface area contributed by atoms with E-state index in [-0.39, 0.29) is 0 Å². The molecule has 0 aromatic rings. The maximum Gasteiger partial charge on any atom is 0.142 e. The van der Waals surface area contributed by atoms with Gasteiger partial charge in [-0.25, -0.2) is 0 Å². The van der Waals surface area contributed by atoms with E-state index in [4.69, 9.17) is 4.79 Å². The van der Waals surface area contributed by atoms with Gasteiger partial charge in [-0.1, -0.05) is 12.7 Å². The van der Waals surface area contributed by atoms with Gasteiger partial charge in [-0.15, -0.1) is 0 Å². The SMILES string of the molecule is C=CC=O.CC=CC=O. The van der Waals surface area contributed by atoms with Gasteiger partial charge in [0, 0.05) is 0 Å². The Morgan fingerprint density at radius 2 is 1.67 bits per heavy atom. The van der Waals surface area contributed by atoms with Crippen LogP contribution in [-0.4, -0.2) is 12.6 Å². The van der Waals surface area contributed by atoms with E-state index in [2.05, 4.69) is 6.58 Å². The summed E-state index contributed by atoms with van der Waals surface area (Å²) in [5.74, 6) is 0. The van der Waals surface area contributed by atoms with Crippen molar-refractivity contribution in [2.24, 2.45) is 0 Å². The second-order valence-corrected chi connectivity index (χ2v) is 1.03. The van der Waals surface area contributed by atoms with Crippen LogP contribution in [0, 0.1) is 0 Å². The third-order valence-corrected chi connectivity index (χ3v) is 0.367. The summed E-state index contributed by atoms with van der Waals surface area (Å²) in [5, 5.41) is 0. The molecule has 0 rings (SSSR count). The molecule has 0 spiro atoms. The Bertz CT molecular complexity index is 97.5. The second kappa shape index (κ2) is 15.8. The number of rotatable bonds is 2. The summed E-state index contributed by atoms with van der Waals surface area (Å²) in [4.78, 5) is 18.4. The van der Waals surface area contributed by atoms with Gasteiger partial charge in [-0.05, 0) is 19.1 Å². The van der Waals surface area contributed by atoms with Gasteiger partial charge in [0.25, 0.3) is 0 Å². The zero-order chi connectivity index (χ0) is 7.54. The molecule has 0 N–H and O–H groups in total. The van der Waals surface area contributed by atoms with Crippen molar-refractivity contribution in [3.05, 3.63) is 24.8 Å². The fourth-order valence-corrected chi connectivity index (χ4v) is 0.0786. The van der Waals surface area contributed by atoms with Gasteiger partial charge in [-0.3, -0.25) is 9.59 Å². The first kappa shape index (κ1) is 10.7. The molecule has 2 heteroatoms. The van der Waals surface area contributed by atoms with Crippen molar-refractivity contribution in [2.75, 3.05) is 0 Å². The summed E-state index contributed by atoms with van der Waals surface area (Å²) < 4.78 is 0. The molecular formula is C7H10O2. The molecule has 0 radical (unpaired) electrons. The Balaban J connectivity index is 0. The van der Waals surface area contributed by atoms with E-state index >= 15 is 0 Å². The fourth-order valence-electron chi connectivity index (χ4n) is 0.0786. The van der Waals surface area contributed by atoms with Crippen molar-refractivity contribution >= 4 is 12.6 Å². The number of carbonyl (C=O) groups excluding carboxylic acids is 2. The van der Waals surface area contributed by atoms with E-state index in [1.165, 1.54) is 12.2 Å². The zero-order valence-corrected chi connectivity index (χ0v) is 5.41. The molecule has 0 aromatic heterocycles. The van der Waals surface area contributed by atoms with Crippen molar-refractivity contribution in [2.45, 2.75) is 6.92 Å². The lowest BCUT2D eigenvalue weighted by atomic mass is 10.6. The van der Waals surface area contributed by atoms with Gasteiger partial charge in [-0.2, -0.15) is 0 Å². The van der Waals surface area contributed by atoms with Gasteiger partial charge >= 0.3 is 0 Å². The Labute approximate surface area is 54.9 Å². The molecule has 0 aromatic carbocycles. The van der Waals surface area contributed by atoms with Crippen LogP contribution in [0.15, 0.2) is 24.8 Å². The lowest BCUT2D eigenvalue weighted by Gasteiger charge is -1.51. The van der Waals surface area contributed by atoms with Crippen LogP contribution in [0.2, 0.25) is 0 Å². The van der Waals surface area contributed by atoms with Gasteiger partial charge in [0.05, 0.1) is 0 Å². The van der Waals surface area contributed by atoms with Gasteiger partial charge in [0.1, 0.15) is 12.6 Å². The van der Waals surface area contributed by atoms with E-state index in [0.29, 0.717) is 6.29 Å². The molecule has 0 heterocycles. The van der Waals surface area contributed by atoms with Crippen LogP contribution < -0.4 is 0 Å². The smallest absolute Gasteiger partial charge is 0.142 e. The largest absolute Gasteiger partial charge is 0.299 e. The highest BCUT2D eigenvalue weighted by Crippen LogP contribution is 1.55. The number of allylic oxidation sites excluding steroid dienone is 3. The molecule has 0 aliphatic rings. The van der Waals surface area contributed by atoms with Gasteiger partial charge in [0.15, 0.2) is 0 Å². The quantitative estimate of drug-likeness (QED) is 0.410. The molecule has 0 saturated heterocycles. The minimum atomic E-state index is 0.639. The first-order valence-corrected chi connectivity index (χ1v) is 2.46. The monoisotopic (exact) mass is 126 g/mol. The molecule has 0 unspecified atom stereocenters. The van der Waals surface area contributed by atoms with E-state index in [1.54, 1.807) is 13.0 Å². The molecule has 50 valence electrons. The predicted octanol–water partition coefficient (Wildman–Crippen LogP) is 1.13.